The van der Waals surface area contributed by atoms with Crippen LogP contribution in [-0.2, 0) is 10.0 Å². The highest BCUT2D eigenvalue weighted by molar-refractivity contribution is 7.92. The number of carbonyl (C=O) groups is 1. The lowest BCUT2D eigenvalue weighted by Crippen LogP contribution is -2.18. The lowest BCUT2D eigenvalue weighted by atomic mass is 10.2. The van der Waals surface area contributed by atoms with Gasteiger partial charge in [-0.2, -0.15) is 0 Å². The molecule has 0 bridgehead atoms. The zero-order valence-corrected chi connectivity index (χ0v) is 16.9. The van der Waals surface area contributed by atoms with Crippen LogP contribution in [-0.4, -0.2) is 33.5 Å². The summed E-state index contributed by atoms with van der Waals surface area (Å²) >= 11 is 0. The normalized spacial score (nSPS) is 10.9. The summed E-state index contributed by atoms with van der Waals surface area (Å²) in [6.07, 6.45) is 1.44. The van der Waals surface area contributed by atoms with Crippen LogP contribution in [0.2, 0.25) is 0 Å². The number of sulfonamides is 1. The van der Waals surface area contributed by atoms with Crippen molar-refractivity contribution in [2.75, 3.05) is 24.3 Å². The van der Waals surface area contributed by atoms with Gasteiger partial charge in [0.05, 0.1) is 25.6 Å². The van der Waals surface area contributed by atoms with Crippen molar-refractivity contribution in [1.29, 1.82) is 0 Å². The van der Waals surface area contributed by atoms with Crippen molar-refractivity contribution in [3.8, 4) is 11.5 Å². The Hall–Kier alpha value is -3.66. The zero-order valence-electron chi connectivity index (χ0n) is 16.0. The number of nitrogens with zero attached hydrogens (tertiary/aromatic N) is 1. The SMILES string of the molecule is COc1ccc(OC)c(S(=O)(=O)Nc2cc(F)ccc2NC(=O)c2ccccn2)c1. The first-order valence-corrected chi connectivity index (χ1v) is 10.1. The highest BCUT2D eigenvalue weighted by atomic mass is 32.2. The first kappa shape index (κ1) is 21.1. The Balaban J connectivity index is 1.96. The Kier molecular flexibility index (Phi) is 6.17. The highest BCUT2D eigenvalue weighted by Crippen LogP contribution is 2.32. The average molecular weight is 431 g/mol. The van der Waals surface area contributed by atoms with E-state index in [0.717, 1.165) is 12.1 Å². The van der Waals surface area contributed by atoms with E-state index >= 15 is 0 Å². The number of aromatic nitrogens is 1. The van der Waals surface area contributed by atoms with Crippen LogP contribution in [0, 0.1) is 5.82 Å². The molecule has 0 saturated carbocycles. The Morgan fingerprint density at radius 2 is 1.80 bits per heavy atom. The number of amides is 1. The van der Waals surface area contributed by atoms with Crippen molar-refractivity contribution < 1.29 is 27.1 Å². The Bertz CT molecular complexity index is 1170. The molecule has 2 N–H and O–H groups in total. The van der Waals surface area contributed by atoms with E-state index in [1.807, 2.05) is 0 Å². The number of anilines is 2. The quantitative estimate of drug-likeness (QED) is 0.595. The van der Waals surface area contributed by atoms with Crippen LogP contribution in [0.3, 0.4) is 0 Å². The number of ether oxygens (including phenoxy) is 2. The molecule has 0 aliphatic carbocycles. The third-order valence-corrected chi connectivity index (χ3v) is 5.42. The van der Waals surface area contributed by atoms with Gasteiger partial charge < -0.3 is 14.8 Å². The molecule has 0 aliphatic rings. The standard InChI is InChI=1S/C20H18FN3O5S/c1-28-14-7-9-18(29-2)19(12-14)30(26,27)24-17-11-13(21)6-8-15(17)23-20(25)16-5-3-4-10-22-16/h3-12,24H,1-2H3,(H,23,25). The molecule has 10 heteroatoms. The van der Waals surface area contributed by atoms with Gasteiger partial charge in [0.15, 0.2) is 0 Å². The van der Waals surface area contributed by atoms with Gasteiger partial charge in [-0.15, -0.1) is 0 Å². The molecule has 0 atom stereocenters. The van der Waals surface area contributed by atoms with Crippen molar-refractivity contribution in [1.82, 2.24) is 4.98 Å². The van der Waals surface area contributed by atoms with Crippen LogP contribution in [0.5, 0.6) is 11.5 Å². The maximum absolute atomic E-state index is 13.8. The van der Waals surface area contributed by atoms with Crippen molar-refractivity contribution in [2.24, 2.45) is 0 Å². The fraction of sp³-hybridized carbons (Fsp3) is 0.100. The number of halogens is 1. The molecule has 0 fully saturated rings. The topological polar surface area (TPSA) is 107 Å². The van der Waals surface area contributed by atoms with Gasteiger partial charge in [0, 0.05) is 18.3 Å². The molecule has 156 valence electrons. The van der Waals surface area contributed by atoms with Crippen LogP contribution < -0.4 is 19.5 Å². The van der Waals surface area contributed by atoms with E-state index < -0.39 is 21.7 Å². The lowest BCUT2D eigenvalue weighted by Gasteiger charge is -2.16. The van der Waals surface area contributed by atoms with Crippen LogP contribution in [0.1, 0.15) is 10.5 Å². The zero-order chi connectivity index (χ0) is 21.7. The number of pyridine rings is 1. The molecule has 3 aromatic rings. The second-order valence-electron chi connectivity index (χ2n) is 5.98. The van der Waals surface area contributed by atoms with Gasteiger partial charge in [-0.25, -0.2) is 12.8 Å². The van der Waals surface area contributed by atoms with E-state index in [1.165, 1.54) is 44.7 Å². The van der Waals surface area contributed by atoms with Crippen LogP contribution in [0.15, 0.2) is 65.7 Å². The summed E-state index contributed by atoms with van der Waals surface area (Å²) in [7, 11) is -1.50. The first-order chi connectivity index (χ1) is 14.3. The number of hydrogen-bond donors (Lipinski definition) is 2. The van der Waals surface area contributed by atoms with Crippen molar-refractivity contribution in [3.05, 3.63) is 72.3 Å². The van der Waals surface area contributed by atoms with E-state index in [4.69, 9.17) is 9.47 Å². The molecule has 0 saturated heterocycles. The number of methoxy groups -OCH3 is 2. The Labute approximate surface area is 172 Å². The van der Waals surface area contributed by atoms with Gasteiger partial charge in [-0.3, -0.25) is 14.5 Å². The minimum Gasteiger partial charge on any atom is -0.497 e. The average Bonchev–Trinajstić information content (AvgIpc) is 2.75. The first-order valence-electron chi connectivity index (χ1n) is 8.61. The van der Waals surface area contributed by atoms with Crippen LogP contribution in [0.25, 0.3) is 0 Å². The van der Waals surface area contributed by atoms with E-state index in [1.54, 1.807) is 18.2 Å². The molecule has 1 amide bonds. The summed E-state index contributed by atoms with van der Waals surface area (Å²) in [5, 5.41) is 2.53. The van der Waals surface area contributed by atoms with Crippen LogP contribution >= 0.6 is 0 Å². The summed E-state index contributed by atoms with van der Waals surface area (Å²) in [5.41, 5.74) is 0.00624. The highest BCUT2D eigenvalue weighted by Gasteiger charge is 2.23. The molecule has 0 spiro atoms. The van der Waals surface area contributed by atoms with Crippen LogP contribution in [0.4, 0.5) is 15.8 Å². The lowest BCUT2D eigenvalue weighted by molar-refractivity contribution is 0.102. The smallest absolute Gasteiger partial charge is 0.274 e. The second kappa shape index (κ2) is 8.78. The van der Waals surface area contributed by atoms with E-state index in [0.29, 0.717) is 5.75 Å². The maximum atomic E-state index is 13.8. The molecular weight excluding hydrogens is 413 g/mol. The summed E-state index contributed by atoms with van der Waals surface area (Å²) < 4.78 is 52.3. The van der Waals surface area contributed by atoms with E-state index in [-0.39, 0.29) is 27.7 Å². The van der Waals surface area contributed by atoms with Gasteiger partial charge in [0.25, 0.3) is 15.9 Å². The Morgan fingerprint density at radius 3 is 2.47 bits per heavy atom. The van der Waals surface area contributed by atoms with Crippen molar-refractivity contribution >= 4 is 27.3 Å². The molecule has 2 aromatic carbocycles. The predicted molar refractivity (Wildman–Crippen MR) is 109 cm³/mol. The summed E-state index contributed by atoms with van der Waals surface area (Å²) in [4.78, 5) is 16.1. The largest absolute Gasteiger partial charge is 0.497 e. The number of rotatable bonds is 7. The van der Waals surface area contributed by atoms with E-state index in [9.17, 15) is 17.6 Å². The minimum absolute atomic E-state index is 0.0532. The Morgan fingerprint density at radius 1 is 1.00 bits per heavy atom. The van der Waals surface area contributed by atoms with Crippen molar-refractivity contribution in [2.45, 2.75) is 4.90 Å². The fourth-order valence-corrected chi connectivity index (χ4v) is 3.84. The summed E-state index contributed by atoms with van der Waals surface area (Å²) in [6, 6.07) is 12.3. The van der Waals surface area contributed by atoms with E-state index in [2.05, 4.69) is 15.0 Å². The molecule has 3 rings (SSSR count). The second-order valence-corrected chi connectivity index (χ2v) is 7.63. The molecular formula is C20H18FN3O5S. The number of hydrogen-bond acceptors (Lipinski definition) is 6. The summed E-state index contributed by atoms with van der Waals surface area (Å²) in [6.45, 7) is 0. The molecule has 8 nitrogen and oxygen atoms in total. The number of benzene rings is 2. The monoisotopic (exact) mass is 431 g/mol. The summed E-state index contributed by atoms with van der Waals surface area (Å²) in [5.74, 6) is -0.916. The van der Waals surface area contributed by atoms with Crippen molar-refractivity contribution in [3.63, 3.8) is 0 Å². The molecule has 30 heavy (non-hydrogen) atoms. The third kappa shape index (κ3) is 4.66. The number of nitrogens with one attached hydrogen (secondary N) is 2. The third-order valence-electron chi connectivity index (χ3n) is 4.03. The molecule has 0 radical (unpaired) electrons. The van der Waals surface area contributed by atoms with Gasteiger partial charge in [0.1, 0.15) is 27.9 Å². The van der Waals surface area contributed by atoms with Gasteiger partial charge in [-0.05, 0) is 36.4 Å². The fourth-order valence-electron chi connectivity index (χ4n) is 2.59. The molecule has 0 aliphatic heterocycles. The van der Waals surface area contributed by atoms with Gasteiger partial charge >= 0.3 is 0 Å². The predicted octanol–water partition coefficient (Wildman–Crippen LogP) is 3.29. The molecule has 0 unspecified atom stereocenters. The molecule has 1 heterocycles. The number of carbonyl (C=O) groups excluding carboxylic acids is 1. The van der Waals surface area contributed by atoms with Gasteiger partial charge in [-0.1, -0.05) is 6.07 Å². The maximum Gasteiger partial charge on any atom is 0.274 e. The minimum atomic E-state index is -4.22. The van der Waals surface area contributed by atoms with Gasteiger partial charge in [0.2, 0.25) is 0 Å². The molecule has 1 aromatic heterocycles.